The van der Waals surface area contributed by atoms with Crippen molar-refractivity contribution in [3.05, 3.63) is 30.3 Å². The quantitative estimate of drug-likeness (QED) is 0.781. The lowest BCUT2D eigenvalue weighted by Crippen LogP contribution is -2.44. The molecular formula is C12H16N2O2. The van der Waals surface area contributed by atoms with Gasteiger partial charge in [0.2, 0.25) is 0 Å². The number of amides is 1. The molecule has 4 nitrogen and oxygen atoms in total. The Balaban J connectivity index is 1.92. The molecule has 1 unspecified atom stereocenters. The molecule has 1 aliphatic rings. The molecule has 16 heavy (non-hydrogen) atoms. The van der Waals surface area contributed by atoms with Crippen molar-refractivity contribution in [3.63, 3.8) is 0 Å². The molecule has 0 aromatic heterocycles. The normalized spacial score (nSPS) is 19.4. The molecular weight excluding hydrogens is 204 g/mol. The minimum absolute atomic E-state index is 0.0659. The first-order valence-corrected chi connectivity index (χ1v) is 5.48. The first-order valence-electron chi connectivity index (χ1n) is 5.48. The molecule has 1 atom stereocenters. The van der Waals surface area contributed by atoms with E-state index in [2.05, 4.69) is 5.43 Å². The van der Waals surface area contributed by atoms with Crippen LogP contribution in [0.25, 0.3) is 0 Å². The molecule has 0 bridgehead atoms. The van der Waals surface area contributed by atoms with E-state index in [1.165, 1.54) is 0 Å². The van der Waals surface area contributed by atoms with Crippen LogP contribution in [0.2, 0.25) is 0 Å². The lowest BCUT2D eigenvalue weighted by atomic mass is 10.2. The van der Waals surface area contributed by atoms with E-state index in [9.17, 15) is 4.79 Å². The number of hydrazine groups is 1. The van der Waals surface area contributed by atoms with E-state index in [1.54, 1.807) is 5.01 Å². The number of hydrogen-bond acceptors (Lipinski definition) is 3. The van der Waals surface area contributed by atoms with Gasteiger partial charge >= 0.3 is 0 Å². The van der Waals surface area contributed by atoms with Crippen LogP contribution in [0, 0.1) is 0 Å². The van der Waals surface area contributed by atoms with Crippen LogP contribution in [0.5, 0.6) is 0 Å². The molecule has 1 saturated heterocycles. The third-order valence-corrected chi connectivity index (χ3v) is 2.64. The number of ether oxygens (including phenoxy) is 1. The second-order valence-corrected chi connectivity index (χ2v) is 3.87. The molecule has 1 aliphatic heterocycles. The minimum atomic E-state index is -0.286. The second kappa shape index (κ2) is 4.99. The summed E-state index contributed by atoms with van der Waals surface area (Å²) in [6.07, 6.45) is 1.49. The van der Waals surface area contributed by atoms with Gasteiger partial charge in [0.05, 0.1) is 5.69 Å². The average molecular weight is 220 g/mol. The summed E-state index contributed by atoms with van der Waals surface area (Å²) >= 11 is 0. The smallest absolute Gasteiger partial charge is 0.267 e. The number of carbonyl (C=O) groups excluding carboxylic acids is 1. The number of carbonyl (C=O) groups is 1. The van der Waals surface area contributed by atoms with Crippen LogP contribution in [0.1, 0.15) is 12.8 Å². The molecule has 1 fully saturated rings. The lowest BCUT2D eigenvalue weighted by molar-refractivity contribution is -0.130. The summed E-state index contributed by atoms with van der Waals surface area (Å²) in [5.41, 5.74) is 3.76. The number of para-hydroxylation sites is 1. The van der Waals surface area contributed by atoms with Crippen LogP contribution in [-0.4, -0.2) is 25.7 Å². The second-order valence-electron chi connectivity index (χ2n) is 3.87. The SMILES string of the molecule is CN(NC(=O)C1CCCO1)c1ccccc1. The Labute approximate surface area is 95.2 Å². The van der Waals surface area contributed by atoms with Crippen LogP contribution in [0.15, 0.2) is 30.3 Å². The van der Waals surface area contributed by atoms with Crippen molar-refractivity contribution in [1.82, 2.24) is 5.43 Å². The third-order valence-electron chi connectivity index (χ3n) is 2.64. The van der Waals surface area contributed by atoms with E-state index in [1.807, 2.05) is 37.4 Å². The van der Waals surface area contributed by atoms with Crippen LogP contribution in [-0.2, 0) is 9.53 Å². The van der Waals surface area contributed by atoms with Gasteiger partial charge in [0.25, 0.3) is 5.91 Å². The highest BCUT2D eigenvalue weighted by Crippen LogP contribution is 2.13. The van der Waals surface area contributed by atoms with Gasteiger partial charge in [0, 0.05) is 13.7 Å². The largest absolute Gasteiger partial charge is 0.368 e. The molecule has 1 aromatic rings. The van der Waals surface area contributed by atoms with Crippen molar-refractivity contribution < 1.29 is 9.53 Å². The van der Waals surface area contributed by atoms with E-state index in [0.29, 0.717) is 6.61 Å². The fourth-order valence-corrected chi connectivity index (χ4v) is 1.74. The highest BCUT2D eigenvalue weighted by molar-refractivity contribution is 5.82. The molecule has 0 aliphatic carbocycles. The van der Waals surface area contributed by atoms with Gasteiger partial charge in [-0.15, -0.1) is 0 Å². The minimum Gasteiger partial charge on any atom is -0.368 e. The Bertz CT molecular complexity index is 347. The maximum absolute atomic E-state index is 11.8. The van der Waals surface area contributed by atoms with Crippen molar-refractivity contribution in [2.45, 2.75) is 18.9 Å². The molecule has 2 rings (SSSR count). The molecule has 0 saturated carbocycles. The summed E-state index contributed by atoms with van der Waals surface area (Å²) < 4.78 is 5.31. The number of anilines is 1. The Morgan fingerprint density at radius 3 is 2.81 bits per heavy atom. The van der Waals surface area contributed by atoms with Gasteiger partial charge in [-0.05, 0) is 25.0 Å². The van der Waals surface area contributed by atoms with Crippen molar-refractivity contribution in [1.29, 1.82) is 0 Å². The molecule has 4 heteroatoms. The fraction of sp³-hybridized carbons (Fsp3) is 0.417. The van der Waals surface area contributed by atoms with E-state index in [0.717, 1.165) is 18.5 Å². The zero-order valence-corrected chi connectivity index (χ0v) is 9.35. The molecule has 86 valence electrons. The van der Waals surface area contributed by atoms with Crippen LogP contribution >= 0.6 is 0 Å². The Morgan fingerprint density at radius 1 is 1.44 bits per heavy atom. The maximum atomic E-state index is 11.8. The molecule has 1 aromatic carbocycles. The summed E-state index contributed by atoms with van der Waals surface area (Å²) in [7, 11) is 1.82. The Morgan fingerprint density at radius 2 is 2.19 bits per heavy atom. The number of benzene rings is 1. The Kier molecular flexibility index (Phi) is 3.41. The van der Waals surface area contributed by atoms with Gasteiger partial charge in [-0.25, -0.2) is 0 Å². The van der Waals surface area contributed by atoms with Crippen molar-refractivity contribution in [2.75, 3.05) is 18.7 Å². The highest BCUT2D eigenvalue weighted by atomic mass is 16.5. The summed E-state index contributed by atoms with van der Waals surface area (Å²) in [4.78, 5) is 11.8. The average Bonchev–Trinajstić information content (AvgIpc) is 2.83. The first-order chi connectivity index (χ1) is 7.77. The molecule has 1 N–H and O–H groups in total. The van der Waals surface area contributed by atoms with Gasteiger partial charge < -0.3 is 4.74 Å². The summed E-state index contributed by atoms with van der Waals surface area (Å²) in [6, 6.07) is 9.69. The number of nitrogens with zero attached hydrogens (tertiary/aromatic N) is 1. The number of nitrogens with one attached hydrogen (secondary N) is 1. The van der Waals surface area contributed by atoms with E-state index in [-0.39, 0.29) is 12.0 Å². The van der Waals surface area contributed by atoms with Gasteiger partial charge in [0.1, 0.15) is 6.10 Å². The van der Waals surface area contributed by atoms with Crippen LogP contribution in [0.4, 0.5) is 5.69 Å². The first kappa shape index (κ1) is 11.0. The fourth-order valence-electron chi connectivity index (χ4n) is 1.74. The summed E-state index contributed by atoms with van der Waals surface area (Å²) in [6.45, 7) is 0.688. The topological polar surface area (TPSA) is 41.6 Å². The van der Waals surface area contributed by atoms with Gasteiger partial charge in [-0.2, -0.15) is 0 Å². The van der Waals surface area contributed by atoms with Gasteiger partial charge in [0.15, 0.2) is 0 Å². The maximum Gasteiger partial charge on any atom is 0.267 e. The summed E-state index contributed by atoms with van der Waals surface area (Å²) in [5.74, 6) is -0.0659. The lowest BCUT2D eigenvalue weighted by Gasteiger charge is -2.21. The Hall–Kier alpha value is -1.55. The van der Waals surface area contributed by atoms with Crippen molar-refractivity contribution in [2.24, 2.45) is 0 Å². The molecule has 1 amide bonds. The monoisotopic (exact) mass is 220 g/mol. The predicted octanol–water partition coefficient (Wildman–Crippen LogP) is 1.33. The third kappa shape index (κ3) is 2.52. The van der Waals surface area contributed by atoms with Crippen molar-refractivity contribution in [3.8, 4) is 0 Å². The van der Waals surface area contributed by atoms with E-state index in [4.69, 9.17) is 4.74 Å². The van der Waals surface area contributed by atoms with E-state index >= 15 is 0 Å². The van der Waals surface area contributed by atoms with Crippen LogP contribution in [0.3, 0.4) is 0 Å². The number of hydrogen-bond donors (Lipinski definition) is 1. The van der Waals surface area contributed by atoms with Crippen molar-refractivity contribution >= 4 is 11.6 Å². The highest BCUT2D eigenvalue weighted by Gasteiger charge is 2.24. The van der Waals surface area contributed by atoms with Gasteiger partial charge in [-0.3, -0.25) is 15.2 Å². The standard InChI is InChI=1S/C12H16N2O2/c1-14(10-6-3-2-4-7-10)13-12(15)11-8-5-9-16-11/h2-4,6-7,11H,5,8-9H2,1H3,(H,13,15). The zero-order valence-electron chi connectivity index (χ0n) is 9.35. The number of rotatable bonds is 3. The summed E-state index contributed by atoms with van der Waals surface area (Å²) in [5, 5.41) is 1.71. The van der Waals surface area contributed by atoms with E-state index < -0.39 is 0 Å². The predicted molar refractivity (Wildman–Crippen MR) is 62.0 cm³/mol. The van der Waals surface area contributed by atoms with Crippen LogP contribution < -0.4 is 10.4 Å². The molecule has 1 heterocycles. The zero-order chi connectivity index (χ0) is 11.4. The van der Waals surface area contributed by atoms with Gasteiger partial charge in [-0.1, -0.05) is 18.2 Å². The molecule has 0 radical (unpaired) electrons. The molecule has 0 spiro atoms.